The highest BCUT2D eigenvalue weighted by molar-refractivity contribution is 14.0. The smallest absolute Gasteiger partial charge is 0.232 e. The first-order valence-corrected chi connectivity index (χ1v) is 10.6. The van der Waals surface area contributed by atoms with Crippen molar-refractivity contribution in [2.75, 3.05) is 26.5 Å². The summed E-state index contributed by atoms with van der Waals surface area (Å²) >= 11 is 5.98. The Labute approximate surface area is 187 Å². The lowest BCUT2D eigenvalue weighted by atomic mass is 10.1. The van der Waals surface area contributed by atoms with Crippen LogP contribution in [0.5, 0.6) is 5.88 Å². The number of sulfone groups is 1. The van der Waals surface area contributed by atoms with Crippen molar-refractivity contribution in [2.24, 2.45) is 4.99 Å². The van der Waals surface area contributed by atoms with Gasteiger partial charge in [0.05, 0.1) is 11.4 Å². The molecule has 2 rings (SSSR count). The number of aromatic nitrogens is 1. The molecule has 1 heterocycles. The van der Waals surface area contributed by atoms with Gasteiger partial charge in [-0.2, -0.15) is 0 Å². The Hall–Kier alpha value is -1.59. The first-order valence-electron chi connectivity index (χ1n) is 8.28. The van der Waals surface area contributed by atoms with Gasteiger partial charge in [-0.15, -0.1) is 24.0 Å². The van der Waals surface area contributed by atoms with Gasteiger partial charge in [0, 0.05) is 26.0 Å². The minimum absolute atomic E-state index is 0. The number of aryl methyl sites for hydroxylation is 1. The standard InChI is InChI=1S/C18H23ClN4O3S.HI/c1-13-11-14(6-7-16(13)27(3,24)25)12-23-18(20-2)22-9-10-26-17-15(19)5-4-8-21-17;/h4-8,11H,9-10,12H2,1-3H3,(H2,20,22,23);1H. The van der Waals surface area contributed by atoms with Gasteiger partial charge in [0.1, 0.15) is 11.6 Å². The number of hydrogen-bond acceptors (Lipinski definition) is 5. The van der Waals surface area contributed by atoms with E-state index in [0.29, 0.717) is 41.5 Å². The molecule has 0 spiro atoms. The van der Waals surface area contributed by atoms with Gasteiger partial charge in [-0.05, 0) is 36.2 Å². The molecule has 0 unspecified atom stereocenters. The monoisotopic (exact) mass is 538 g/mol. The molecule has 1 aromatic heterocycles. The number of nitrogens with zero attached hydrogens (tertiary/aromatic N) is 2. The quantitative estimate of drug-likeness (QED) is 0.244. The third kappa shape index (κ3) is 7.44. The highest BCUT2D eigenvalue weighted by Gasteiger charge is 2.11. The van der Waals surface area contributed by atoms with Crippen LogP contribution in [0.2, 0.25) is 5.02 Å². The van der Waals surface area contributed by atoms with Gasteiger partial charge in [0.2, 0.25) is 5.88 Å². The van der Waals surface area contributed by atoms with Crippen molar-refractivity contribution >= 4 is 51.4 Å². The normalized spacial score (nSPS) is 11.5. The summed E-state index contributed by atoms with van der Waals surface area (Å²) in [4.78, 5) is 8.55. The highest BCUT2D eigenvalue weighted by atomic mass is 127. The summed E-state index contributed by atoms with van der Waals surface area (Å²) in [5.74, 6) is 1.00. The maximum absolute atomic E-state index is 11.7. The Kier molecular flexibility index (Phi) is 9.97. The number of ether oxygens (including phenoxy) is 1. The fraction of sp³-hybridized carbons (Fsp3) is 0.333. The average molecular weight is 539 g/mol. The Balaban J connectivity index is 0.00000392. The number of benzene rings is 1. The van der Waals surface area contributed by atoms with E-state index in [1.807, 2.05) is 6.07 Å². The molecule has 0 bridgehead atoms. The molecule has 2 aromatic rings. The number of guanidine groups is 1. The molecule has 0 fully saturated rings. The number of pyridine rings is 1. The van der Waals surface area contributed by atoms with Crippen molar-refractivity contribution in [1.82, 2.24) is 15.6 Å². The lowest BCUT2D eigenvalue weighted by molar-refractivity contribution is 0.310. The van der Waals surface area contributed by atoms with Crippen LogP contribution < -0.4 is 15.4 Å². The van der Waals surface area contributed by atoms with Crippen LogP contribution in [-0.2, 0) is 16.4 Å². The minimum atomic E-state index is -3.21. The molecule has 10 heteroatoms. The SMILES string of the molecule is CN=C(NCCOc1ncccc1Cl)NCc1ccc(S(C)(=O)=O)c(C)c1.I. The zero-order valence-corrected chi connectivity index (χ0v) is 19.8. The molecular formula is C18H24ClIN4O3S. The number of halogens is 2. The molecule has 0 aliphatic rings. The topological polar surface area (TPSA) is 92.7 Å². The van der Waals surface area contributed by atoms with Crippen LogP contribution >= 0.6 is 35.6 Å². The maximum atomic E-state index is 11.7. The van der Waals surface area contributed by atoms with E-state index in [4.69, 9.17) is 16.3 Å². The largest absolute Gasteiger partial charge is 0.475 e. The number of aliphatic imine (C=N–C) groups is 1. The lowest BCUT2D eigenvalue weighted by Gasteiger charge is -2.13. The predicted molar refractivity (Wildman–Crippen MR) is 123 cm³/mol. The van der Waals surface area contributed by atoms with E-state index >= 15 is 0 Å². The lowest BCUT2D eigenvalue weighted by Crippen LogP contribution is -2.38. The van der Waals surface area contributed by atoms with Crippen molar-refractivity contribution in [2.45, 2.75) is 18.4 Å². The summed E-state index contributed by atoms with van der Waals surface area (Å²) in [6.45, 7) is 3.18. The number of rotatable bonds is 7. The zero-order chi connectivity index (χ0) is 19.9. The number of nitrogens with one attached hydrogen (secondary N) is 2. The summed E-state index contributed by atoms with van der Waals surface area (Å²) in [5.41, 5.74) is 1.68. The third-order valence-corrected chi connectivity index (χ3v) is 5.23. The van der Waals surface area contributed by atoms with Crippen LogP contribution in [0, 0.1) is 6.92 Å². The van der Waals surface area contributed by atoms with Gasteiger partial charge >= 0.3 is 0 Å². The second kappa shape index (κ2) is 11.4. The van der Waals surface area contributed by atoms with Crippen molar-refractivity contribution in [1.29, 1.82) is 0 Å². The third-order valence-electron chi connectivity index (χ3n) is 3.68. The maximum Gasteiger partial charge on any atom is 0.232 e. The van der Waals surface area contributed by atoms with Crippen molar-refractivity contribution in [3.8, 4) is 5.88 Å². The highest BCUT2D eigenvalue weighted by Crippen LogP contribution is 2.19. The second-order valence-electron chi connectivity index (χ2n) is 5.86. The van der Waals surface area contributed by atoms with Gasteiger partial charge in [0.25, 0.3) is 0 Å². The minimum Gasteiger partial charge on any atom is -0.475 e. The van der Waals surface area contributed by atoms with Crippen molar-refractivity contribution in [3.63, 3.8) is 0 Å². The van der Waals surface area contributed by atoms with E-state index in [0.717, 1.165) is 11.1 Å². The Morgan fingerprint density at radius 2 is 2.04 bits per heavy atom. The van der Waals surface area contributed by atoms with E-state index in [1.165, 1.54) is 6.26 Å². The summed E-state index contributed by atoms with van der Waals surface area (Å²) in [5, 5.41) is 6.77. The van der Waals surface area contributed by atoms with E-state index < -0.39 is 9.84 Å². The summed E-state index contributed by atoms with van der Waals surface area (Å²) < 4.78 is 28.9. The van der Waals surface area contributed by atoms with Gasteiger partial charge in [-0.25, -0.2) is 13.4 Å². The van der Waals surface area contributed by atoms with E-state index in [2.05, 4.69) is 20.6 Å². The fourth-order valence-corrected chi connectivity index (χ4v) is 3.57. The molecule has 0 radical (unpaired) electrons. The summed E-state index contributed by atoms with van der Waals surface area (Å²) in [6.07, 6.45) is 2.82. The molecular weight excluding hydrogens is 515 g/mol. The van der Waals surface area contributed by atoms with Crippen molar-refractivity contribution < 1.29 is 13.2 Å². The van der Waals surface area contributed by atoms with Crippen LogP contribution in [0.15, 0.2) is 46.4 Å². The molecule has 2 N–H and O–H groups in total. The average Bonchev–Trinajstić information content (AvgIpc) is 2.61. The Morgan fingerprint density at radius 3 is 2.64 bits per heavy atom. The van der Waals surface area contributed by atoms with Crippen molar-refractivity contribution in [3.05, 3.63) is 52.7 Å². The van der Waals surface area contributed by atoms with Crippen LogP contribution in [0.3, 0.4) is 0 Å². The van der Waals surface area contributed by atoms with E-state index in [-0.39, 0.29) is 24.0 Å². The molecule has 28 heavy (non-hydrogen) atoms. The van der Waals surface area contributed by atoms with Gasteiger partial charge in [0.15, 0.2) is 15.8 Å². The predicted octanol–water partition coefficient (Wildman–Crippen LogP) is 2.81. The second-order valence-corrected chi connectivity index (χ2v) is 8.25. The Morgan fingerprint density at radius 1 is 1.29 bits per heavy atom. The fourth-order valence-electron chi connectivity index (χ4n) is 2.44. The van der Waals surface area contributed by atoms with Crippen LogP contribution in [-0.4, -0.2) is 45.8 Å². The van der Waals surface area contributed by atoms with Crippen LogP contribution in [0.25, 0.3) is 0 Å². The van der Waals surface area contributed by atoms with E-state index in [1.54, 1.807) is 44.4 Å². The number of hydrogen-bond donors (Lipinski definition) is 2. The molecule has 7 nitrogen and oxygen atoms in total. The molecule has 0 aliphatic carbocycles. The van der Waals surface area contributed by atoms with Gasteiger partial charge in [-0.1, -0.05) is 23.7 Å². The van der Waals surface area contributed by atoms with Crippen LogP contribution in [0.1, 0.15) is 11.1 Å². The molecule has 0 saturated heterocycles. The van der Waals surface area contributed by atoms with Gasteiger partial charge in [-0.3, -0.25) is 4.99 Å². The molecule has 154 valence electrons. The first-order chi connectivity index (χ1) is 12.8. The summed E-state index contributed by atoms with van der Waals surface area (Å²) in [6, 6.07) is 8.72. The van der Waals surface area contributed by atoms with Crippen LogP contribution in [0.4, 0.5) is 0 Å². The molecule has 1 aromatic carbocycles. The Bertz CT molecular complexity index is 923. The molecule has 0 aliphatic heterocycles. The molecule has 0 saturated carbocycles. The first kappa shape index (κ1) is 24.4. The van der Waals surface area contributed by atoms with Gasteiger partial charge < -0.3 is 15.4 Å². The molecule has 0 amide bonds. The zero-order valence-electron chi connectivity index (χ0n) is 15.9. The van der Waals surface area contributed by atoms with E-state index in [9.17, 15) is 8.42 Å². The summed E-state index contributed by atoms with van der Waals surface area (Å²) in [7, 11) is -1.54. The molecule has 0 atom stereocenters.